The van der Waals surface area contributed by atoms with Crippen LogP contribution in [0.25, 0.3) is 0 Å². The summed E-state index contributed by atoms with van der Waals surface area (Å²) in [5, 5.41) is 0. The first-order chi connectivity index (χ1) is 12.9. The van der Waals surface area contributed by atoms with Crippen LogP contribution in [0, 0.1) is 0 Å². The van der Waals surface area contributed by atoms with Crippen molar-refractivity contribution in [1.82, 2.24) is 4.98 Å². The highest BCUT2D eigenvalue weighted by Gasteiger charge is 2.28. The van der Waals surface area contributed by atoms with Crippen molar-refractivity contribution in [1.29, 1.82) is 0 Å². The van der Waals surface area contributed by atoms with Crippen molar-refractivity contribution in [2.24, 2.45) is 0 Å². The Morgan fingerprint density at radius 1 is 0.885 bits per heavy atom. The molecule has 2 atom stereocenters. The molecule has 0 saturated heterocycles. The SMILES string of the molecule is CCCCCCC(C(Cc1ccccc1)c1ccccc1)[n+]1cc[nH]c1. The lowest BCUT2D eigenvalue weighted by atomic mass is 9.83. The highest BCUT2D eigenvalue weighted by atomic mass is 15.1. The van der Waals surface area contributed by atoms with E-state index in [-0.39, 0.29) is 0 Å². The van der Waals surface area contributed by atoms with Gasteiger partial charge < -0.3 is 0 Å². The minimum absolute atomic E-state index is 0.473. The van der Waals surface area contributed by atoms with E-state index in [1.807, 2.05) is 6.20 Å². The number of unbranched alkanes of at least 4 members (excludes halogenated alkanes) is 3. The Balaban J connectivity index is 1.87. The summed E-state index contributed by atoms with van der Waals surface area (Å²) in [6.45, 7) is 2.28. The first-order valence-corrected chi connectivity index (χ1v) is 10.0. The highest BCUT2D eigenvalue weighted by Crippen LogP contribution is 2.32. The Bertz CT molecular complexity index is 719. The van der Waals surface area contributed by atoms with Crippen molar-refractivity contribution in [2.75, 3.05) is 0 Å². The van der Waals surface area contributed by atoms with Gasteiger partial charge in [-0.1, -0.05) is 86.8 Å². The number of hydrogen-bond donors (Lipinski definition) is 1. The van der Waals surface area contributed by atoms with Gasteiger partial charge in [0.2, 0.25) is 6.33 Å². The van der Waals surface area contributed by atoms with Crippen LogP contribution in [-0.2, 0) is 6.42 Å². The van der Waals surface area contributed by atoms with Crippen LogP contribution in [0.3, 0.4) is 0 Å². The Kier molecular flexibility index (Phi) is 7.06. The quantitative estimate of drug-likeness (QED) is 0.351. The van der Waals surface area contributed by atoms with E-state index in [2.05, 4.69) is 89.7 Å². The minimum Gasteiger partial charge on any atom is -0.250 e. The van der Waals surface area contributed by atoms with Crippen molar-refractivity contribution >= 4 is 0 Å². The molecule has 2 aromatic carbocycles. The van der Waals surface area contributed by atoms with Crippen LogP contribution in [0.5, 0.6) is 0 Å². The lowest BCUT2D eigenvalue weighted by molar-refractivity contribution is -0.725. The second-order valence-corrected chi connectivity index (χ2v) is 7.18. The predicted octanol–water partition coefficient (Wildman–Crippen LogP) is 5.84. The first-order valence-electron chi connectivity index (χ1n) is 10.0. The third-order valence-corrected chi connectivity index (χ3v) is 5.29. The van der Waals surface area contributed by atoms with E-state index in [9.17, 15) is 0 Å². The molecule has 0 aliphatic carbocycles. The number of benzene rings is 2. The third kappa shape index (κ3) is 5.08. The minimum atomic E-state index is 0.473. The molecule has 0 aliphatic heterocycles. The van der Waals surface area contributed by atoms with Gasteiger partial charge in [0, 0.05) is 5.92 Å². The molecule has 1 heterocycles. The van der Waals surface area contributed by atoms with Gasteiger partial charge in [0.25, 0.3) is 0 Å². The monoisotopic (exact) mass is 347 g/mol. The molecule has 2 nitrogen and oxygen atoms in total. The number of nitrogens with zero attached hydrogens (tertiary/aromatic N) is 1. The molecule has 1 aromatic heterocycles. The molecule has 1 N–H and O–H groups in total. The summed E-state index contributed by atoms with van der Waals surface area (Å²) in [6, 6.07) is 22.4. The zero-order valence-electron chi connectivity index (χ0n) is 15.9. The molecule has 0 aliphatic rings. The van der Waals surface area contributed by atoms with E-state index in [0.29, 0.717) is 12.0 Å². The van der Waals surface area contributed by atoms with Crippen molar-refractivity contribution in [3.63, 3.8) is 0 Å². The van der Waals surface area contributed by atoms with Gasteiger partial charge in [-0.05, 0) is 30.4 Å². The molecule has 0 spiro atoms. The van der Waals surface area contributed by atoms with Crippen molar-refractivity contribution in [3.8, 4) is 0 Å². The van der Waals surface area contributed by atoms with Crippen LogP contribution >= 0.6 is 0 Å². The molecular weight excluding hydrogens is 316 g/mol. The van der Waals surface area contributed by atoms with Crippen LogP contribution in [0.4, 0.5) is 0 Å². The van der Waals surface area contributed by atoms with Gasteiger partial charge in [0.15, 0.2) is 0 Å². The number of aromatic nitrogens is 2. The average molecular weight is 348 g/mol. The molecule has 0 fully saturated rings. The van der Waals surface area contributed by atoms with Crippen molar-refractivity contribution in [3.05, 3.63) is 90.5 Å². The van der Waals surface area contributed by atoms with Gasteiger partial charge >= 0.3 is 0 Å². The Morgan fingerprint density at radius 3 is 2.27 bits per heavy atom. The molecule has 0 bridgehead atoms. The summed E-state index contributed by atoms with van der Waals surface area (Å²) in [5.41, 5.74) is 2.85. The summed E-state index contributed by atoms with van der Waals surface area (Å²) in [6.07, 6.45) is 13.9. The van der Waals surface area contributed by atoms with E-state index in [0.717, 1.165) is 6.42 Å². The standard InChI is InChI=1S/C24H30N2/c1-2-3-4-11-16-24(26-18-17-25-20-26)23(22-14-9-6-10-15-22)19-21-12-7-5-8-13-21/h5-10,12-15,17-18,20,23-24H,2-4,11,16,19H2,1H3/p+1. The van der Waals surface area contributed by atoms with Gasteiger partial charge in [0.05, 0.1) is 0 Å². The number of aromatic amines is 1. The number of hydrogen-bond acceptors (Lipinski definition) is 0. The lowest BCUT2D eigenvalue weighted by Gasteiger charge is -2.26. The highest BCUT2D eigenvalue weighted by molar-refractivity contribution is 5.25. The first kappa shape index (κ1) is 18.4. The molecular formula is C24H31N2+. The molecule has 0 radical (unpaired) electrons. The van der Waals surface area contributed by atoms with Gasteiger partial charge in [-0.25, -0.2) is 4.57 Å². The van der Waals surface area contributed by atoms with Gasteiger partial charge in [0.1, 0.15) is 18.4 Å². The maximum atomic E-state index is 3.24. The maximum Gasteiger partial charge on any atom is 0.241 e. The molecule has 136 valence electrons. The molecule has 26 heavy (non-hydrogen) atoms. The average Bonchev–Trinajstić information content (AvgIpc) is 3.23. The summed E-state index contributed by atoms with van der Waals surface area (Å²) in [5.74, 6) is 0.473. The number of nitrogens with one attached hydrogen (secondary N) is 1. The second-order valence-electron chi connectivity index (χ2n) is 7.18. The third-order valence-electron chi connectivity index (χ3n) is 5.29. The zero-order chi connectivity index (χ0) is 18.0. The molecule has 3 aromatic rings. The van der Waals surface area contributed by atoms with Crippen LogP contribution in [0.1, 0.15) is 62.1 Å². The van der Waals surface area contributed by atoms with E-state index in [1.54, 1.807) is 0 Å². The summed E-state index contributed by atoms with van der Waals surface area (Å²) in [7, 11) is 0. The van der Waals surface area contributed by atoms with Gasteiger partial charge in [-0.2, -0.15) is 0 Å². The van der Waals surface area contributed by atoms with Crippen LogP contribution < -0.4 is 4.57 Å². The summed E-state index contributed by atoms with van der Waals surface area (Å²) < 4.78 is 2.38. The number of imidazole rings is 1. The molecule has 3 rings (SSSR count). The fourth-order valence-corrected chi connectivity index (χ4v) is 3.89. The maximum absolute atomic E-state index is 3.24. The van der Waals surface area contributed by atoms with Crippen LogP contribution in [0.2, 0.25) is 0 Å². The zero-order valence-corrected chi connectivity index (χ0v) is 15.9. The largest absolute Gasteiger partial charge is 0.250 e. The van der Waals surface area contributed by atoms with Crippen molar-refractivity contribution < 1.29 is 4.57 Å². The van der Waals surface area contributed by atoms with Crippen LogP contribution in [0.15, 0.2) is 79.4 Å². The molecule has 2 unspecified atom stereocenters. The normalized spacial score (nSPS) is 13.4. The topological polar surface area (TPSA) is 19.7 Å². The second kappa shape index (κ2) is 9.96. The molecule has 0 amide bonds. The molecule has 0 saturated carbocycles. The lowest BCUT2D eigenvalue weighted by Crippen LogP contribution is -2.41. The van der Waals surface area contributed by atoms with Crippen molar-refractivity contribution in [2.45, 2.75) is 57.4 Å². The van der Waals surface area contributed by atoms with E-state index in [1.165, 1.54) is 43.2 Å². The van der Waals surface area contributed by atoms with Crippen LogP contribution in [-0.4, -0.2) is 4.98 Å². The van der Waals surface area contributed by atoms with E-state index < -0.39 is 0 Å². The van der Waals surface area contributed by atoms with Gasteiger partial charge in [-0.15, -0.1) is 0 Å². The number of H-pyrrole nitrogens is 1. The fraction of sp³-hybridized carbons (Fsp3) is 0.375. The Morgan fingerprint density at radius 2 is 1.62 bits per heavy atom. The van der Waals surface area contributed by atoms with E-state index >= 15 is 0 Å². The smallest absolute Gasteiger partial charge is 0.241 e. The fourth-order valence-electron chi connectivity index (χ4n) is 3.89. The summed E-state index contributed by atoms with van der Waals surface area (Å²) in [4.78, 5) is 3.24. The van der Waals surface area contributed by atoms with Gasteiger partial charge in [-0.3, -0.25) is 4.98 Å². The molecule has 2 heteroatoms. The Labute approximate surface area is 157 Å². The Hall–Kier alpha value is -2.35. The number of rotatable bonds is 10. The predicted molar refractivity (Wildman–Crippen MR) is 108 cm³/mol. The van der Waals surface area contributed by atoms with E-state index in [4.69, 9.17) is 0 Å². The summed E-state index contributed by atoms with van der Waals surface area (Å²) >= 11 is 0.